The van der Waals surface area contributed by atoms with Crippen molar-refractivity contribution in [1.29, 1.82) is 0 Å². The van der Waals surface area contributed by atoms with Crippen molar-refractivity contribution in [3.8, 4) is 12.3 Å². The largest absolute Gasteiger partial charge is 0.390 e. The van der Waals surface area contributed by atoms with Gasteiger partial charge in [0.15, 0.2) is 6.10 Å². The summed E-state index contributed by atoms with van der Waals surface area (Å²) in [5.41, 5.74) is 0. The number of nitrogens with one attached hydrogen (secondary N) is 1. The summed E-state index contributed by atoms with van der Waals surface area (Å²) in [4.78, 5) is 14.2. The molecule has 1 fully saturated rings. The summed E-state index contributed by atoms with van der Waals surface area (Å²) in [6, 6.07) is 0. The van der Waals surface area contributed by atoms with Gasteiger partial charge in [-0.2, -0.15) is 0 Å². The molecule has 3 atom stereocenters. The smallest absolute Gasteiger partial charge is 0.252 e. The van der Waals surface area contributed by atoms with E-state index in [1.54, 1.807) is 14.2 Å². The van der Waals surface area contributed by atoms with Gasteiger partial charge in [-0.1, -0.05) is 5.92 Å². The molecule has 0 saturated carbocycles. The summed E-state index contributed by atoms with van der Waals surface area (Å²) in [6.45, 7) is 3.92. The maximum Gasteiger partial charge on any atom is 0.252 e. The number of hydrogen-bond donors (Lipinski definition) is 2. The molecule has 1 aliphatic heterocycles. The molecule has 1 saturated heterocycles. The number of carbonyl (C=O) groups excluding carboxylic acids is 1. The van der Waals surface area contributed by atoms with E-state index in [2.05, 4.69) is 16.1 Å². The van der Waals surface area contributed by atoms with E-state index >= 15 is 0 Å². The van der Waals surface area contributed by atoms with Crippen molar-refractivity contribution in [2.75, 3.05) is 53.6 Å². The lowest BCUT2D eigenvalue weighted by Crippen LogP contribution is -2.49. The highest BCUT2D eigenvalue weighted by Gasteiger charge is 2.34. The molecule has 3 unspecified atom stereocenters. The Balaban J connectivity index is 2.45. The first-order valence-corrected chi connectivity index (χ1v) is 8.37. The van der Waals surface area contributed by atoms with Gasteiger partial charge in [0.25, 0.3) is 5.91 Å². The van der Waals surface area contributed by atoms with Crippen LogP contribution in [0.5, 0.6) is 0 Å². The number of rotatable bonds is 11. The van der Waals surface area contributed by atoms with Crippen LogP contribution in [0.2, 0.25) is 0 Å². The first-order valence-electron chi connectivity index (χ1n) is 8.37. The Morgan fingerprint density at radius 3 is 2.54 bits per heavy atom. The number of carbonyl (C=O) groups is 1. The third-order valence-corrected chi connectivity index (χ3v) is 4.09. The van der Waals surface area contributed by atoms with Crippen LogP contribution in [-0.4, -0.2) is 87.8 Å². The van der Waals surface area contributed by atoms with E-state index in [1.807, 2.05) is 0 Å². The van der Waals surface area contributed by atoms with Crippen molar-refractivity contribution in [2.24, 2.45) is 0 Å². The van der Waals surface area contributed by atoms with Crippen molar-refractivity contribution in [2.45, 2.75) is 37.6 Å². The van der Waals surface area contributed by atoms with Gasteiger partial charge in [0.2, 0.25) is 0 Å². The van der Waals surface area contributed by atoms with Crippen LogP contribution < -0.4 is 5.32 Å². The summed E-state index contributed by atoms with van der Waals surface area (Å²) in [5, 5.41) is 12.6. The molecule has 0 aromatic carbocycles. The molecule has 138 valence electrons. The molecule has 0 spiro atoms. The van der Waals surface area contributed by atoms with Crippen LogP contribution in [0.4, 0.5) is 0 Å². The lowest BCUT2D eigenvalue weighted by molar-refractivity contribution is -0.158. The molecule has 0 bridgehead atoms. The molecule has 1 amide bonds. The molecule has 0 aliphatic carbocycles. The number of aliphatic hydroxyl groups is 1. The zero-order valence-electron chi connectivity index (χ0n) is 14.7. The highest BCUT2D eigenvalue weighted by atomic mass is 16.5. The number of methoxy groups -OCH3 is 2. The minimum Gasteiger partial charge on any atom is -0.390 e. The standard InChI is InChI=1S/C17H30N2O5/c1-4-8-18-17(21)16-15(20)6-5-14(24-16)7-9-19(10-12-22-2)11-13-23-3/h1,14-16,20H,5-13H2,2-3H3,(H,18,21). The van der Waals surface area contributed by atoms with Gasteiger partial charge in [0.1, 0.15) is 0 Å². The lowest BCUT2D eigenvalue weighted by atomic mass is 9.98. The average molecular weight is 342 g/mol. The Morgan fingerprint density at radius 1 is 1.29 bits per heavy atom. The summed E-state index contributed by atoms with van der Waals surface area (Å²) >= 11 is 0. The Morgan fingerprint density at radius 2 is 1.96 bits per heavy atom. The van der Waals surface area contributed by atoms with E-state index in [-0.39, 0.29) is 18.6 Å². The number of ether oxygens (including phenoxy) is 3. The van der Waals surface area contributed by atoms with Crippen molar-refractivity contribution >= 4 is 5.91 Å². The van der Waals surface area contributed by atoms with Crippen molar-refractivity contribution in [3.63, 3.8) is 0 Å². The highest BCUT2D eigenvalue weighted by molar-refractivity contribution is 5.81. The Bertz CT molecular complexity index is 391. The monoisotopic (exact) mass is 342 g/mol. The molecule has 24 heavy (non-hydrogen) atoms. The van der Waals surface area contributed by atoms with Gasteiger partial charge in [0, 0.05) is 33.9 Å². The quantitative estimate of drug-likeness (QED) is 0.499. The van der Waals surface area contributed by atoms with Gasteiger partial charge in [-0.15, -0.1) is 6.42 Å². The molecule has 7 heteroatoms. The number of aliphatic hydroxyl groups excluding tert-OH is 1. The van der Waals surface area contributed by atoms with Crippen LogP contribution in [0.25, 0.3) is 0 Å². The summed E-state index contributed by atoms with van der Waals surface area (Å²) in [6.07, 6.45) is 5.54. The molecule has 1 rings (SSSR count). The zero-order valence-corrected chi connectivity index (χ0v) is 14.7. The summed E-state index contributed by atoms with van der Waals surface area (Å²) in [5.74, 6) is 2.00. The molecule has 7 nitrogen and oxygen atoms in total. The van der Waals surface area contributed by atoms with Gasteiger partial charge in [-0.05, 0) is 19.3 Å². The molecule has 2 N–H and O–H groups in total. The van der Waals surface area contributed by atoms with E-state index in [1.165, 1.54) is 0 Å². The minimum atomic E-state index is -0.844. The Labute approximate surface area is 144 Å². The van der Waals surface area contributed by atoms with Gasteiger partial charge in [-0.25, -0.2) is 0 Å². The number of amides is 1. The van der Waals surface area contributed by atoms with Crippen LogP contribution in [-0.2, 0) is 19.0 Å². The van der Waals surface area contributed by atoms with Crippen LogP contribution in [0, 0.1) is 12.3 Å². The fraction of sp³-hybridized carbons (Fsp3) is 0.824. The predicted molar refractivity (Wildman–Crippen MR) is 90.6 cm³/mol. The van der Waals surface area contributed by atoms with E-state index in [4.69, 9.17) is 20.6 Å². The fourth-order valence-corrected chi connectivity index (χ4v) is 2.66. The minimum absolute atomic E-state index is 0.0532. The molecular weight excluding hydrogens is 312 g/mol. The summed E-state index contributed by atoms with van der Waals surface area (Å²) in [7, 11) is 3.36. The number of terminal acetylenes is 1. The average Bonchev–Trinajstić information content (AvgIpc) is 2.60. The van der Waals surface area contributed by atoms with Crippen LogP contribution >= 0.6 is 0 Å². The van der Waals surface area contributed by atoms with E-state index in [0.717, 1.165) is 32.5 Å². The molecule has 1 heterocycles. The van der Waals surface area contributed by atoms with Gasteiger partial charge >= 0.3 is 0 Å². The fourth-order valence-electron chi connectivity index (χ4n) is 2.66. The maximum absolute atomic E-state index is 12.0. The van der Waals surface area contributed by atoms with Gasteiger partial charge in [-0.3, -0.25) is 9.69 Å². The summed E-state index contributed by atoms with van der Waals surface area (Å²) < 4.78 is 16.1. The third kappa shape index (κ3) is 7.60. The topological polar surface area (TPSA) is 80.3 Å². The van der Waals surface area contributed by atoms with E-state index in [0.29, 0.717) is 19.6 Å². The SMILES string of the molecule is C#CCNC(=O)C1OC(CCN(CCOC)CCOC)CCC1O. The molecule has 0 radical (unpaired) electrons. The van der Waals surface area contributed by atoms with Crippen molar-refractivity contribution in [3.05, 3.63) is 0 Å². The molecular formula is C17H30N2O5. The second-order valence-corrected chi connectivity index (χ2v) is 5.86. The maximum atomic E-state index is 12.0. The first kappa shape index (κ1) is 20.9. The molecule has 0 aromatic heterocycles. The second-order valence-electron chi connectivity index (χ2n) is 5.86. The number of hydrogen-bond acceptors (Lipinski definition) is 6. The Hall–Kier alpha value is -1.17. The lowest BCUT2D eigenvalue weighted by Gasteiger charge is -2.34. The molecule has 0 aromatic rings. The van der Waals surface area contributed by atoms with Gasteiger partial charge in [0.05, 0.1) is 32.0 Å². The van der Waals surface area contributed by atoms with Crippen LogP contribution in [0.15, 0.2) is 0 Å². The Kier molecular flexibility index (Phi) is 10.6. The van der Waals surface area contributed by atoms with E-state index in [9.17, 15) is 9.90 Å². The van der Waals surface area contributed by atoms with E-state index < -0.39 is 12.2 Å². The van der Waals surface area contributed by atoms with Crippen molar-refractivity contribution < 1.29 is 24.1 Å². The predicted octanol–water partition coefficient (Wildman–Crippen LogP) is -0.371. The zero-order chi connectivity index (χ0) is 17.8. The first-order chi connectivity index (χ1) is 11.6. The van der Waals surface area contributed by atoms with Crippen LogP contribution in [0.1, 0.15) is 19.3 Å². The second kappa shape index (κ2) is 12.2. The highest BCUT2D eigenvalue weighted by Crippen LogP contribution is 2.22. The van der Waals surface area contributed by atoms with Gasteiger partial charge < -0.3 is 24.6 Å². The van der Waals surface area contributed by atoms with Crippen LogP contribution in [0.3, 0.4) is 0 Å². The molecule has 1 aliphatic rings. The number of nitrogens with zero attached hydrogens (tertiary/aromatic N) is 1. The third-order valence-electron chi connectivity index (χ3n) is 4.09. The van der Waals surface area contributed by atoms with Crippen molar-refractivity contribution in [1.82, 2.24) is 10.2 Å². The normalized spacial score (nSPS) is 23.9.